The fourth-order valence-corrected chi connectivity index (χ4v) is 3.35. The van der Waals surface area contributed by atoms with E-state index < -0.39 is 0 Å². The molecule has 28 heavy (non-hydrogen) atoms. The Hall–Kier alpha value is -3.26. The van der Waals surface area contributed by atoms with Gasteiger partial charge in [0.2, 0.25) is 0 Å². The van der Waals surface area contributed by atoms with Gasteiger partial charge in [-0.05, 0) is 62.1 Å². The summed E-state index contributed by atoms with van der Waals surface area (Å²) in [6.45, 7) is 6.16. The first kappa shape index (κ1) is 19.5. The molecular formula is C23H26N4O. The molecule has 0 atom stereocenters. The van der Waals surface area contributed by atoms with Crippen molar-refractivity contribution in [1.29, 1.82) is 5.41 Å². The molecule has 1 saturated heterocycles. The van der Waals surface area contributed by atoms with Crippen LogP contribution in [0.4, 0.5) is 5.69 Å². The van der Waals surface area contributed by atoms with Gasteiger partial charge >= 0.3 is 0 Å². The molecular weight excluding hydrogens is 348 g/mol. The van der Waals surface area contributed by atoms with Crippen LogP contribution in [0.1, 0.15) is 45.5 Å². The summed E-state index contributed by atoms with van der Waals surface area (Å²) < 4.78 is 0. The Bertz CT molecular complexity index is 962. The van der Waals surface area contributed by atoms with E-state index in [-0.39, 0.29) is 11.7 Å². The molecule has 0 bridgehead atoms. The second-order valence-corrected chi connectivity index (χ2v) is 7.13. The summed E-state index contributed by atoms with van der Waals surface area (Å²) >= 11 is 0. The number of amidine groups is 1. The van der Waals surface area contributed by atoms with Gasteiger partial charge in [0.25, 0.3) is 5.91 Å². The summed E-state index contributed by atoms with van der Waals surface area (Å²) in [7, 11) is 0. The van der Waals surface area contributed by atoms with Gasteiger partial charge in [-0.25, -0.2) is 0 Å². The number of nitrogens with two attached hydrogens (primary N) is 1. The first-order valence-electron chi connectivity index (χ1n) is 9.53. The van der Waals surface area contributed by atoms with Crippen LogP contribution in [-0.2, 0) is 0 Å². The Morgan fingerprint density at radius 2 is 1.93 bits per heavy atom. The van der Waals surface area contributed by atoms with Crippen LogP contribution in [0.25, 0.3) is 0 Å². The number of carbonyl (C=O) groups is 1. The van der Waals surface area contributed by atoms with Gasteiger partial charge in [0, 0.05) is 35.5 Å². The minimum Gasteiger partial charge on any atom is -0.384 e. The molecule has 1 aliphatic heterocycles. The van der Waals surface area contributed by atoms with Crippen molar-refractivity contribution in [2.75, 3.05) is 25.0 Å². The third-order valence-electron chi connectivity index (χ3n) is 4.97. The van der Waals surface area contributed by atoms with Crippen LogP contribution in [0, 0.1) is 31.1 Å². The first-order valence-corrected chi connectivity index (χ1v) is 9.53. The first-order chi connectivity index (χ1) is 13.5. The number of carbonyl (C=O) groups excluding carboxylic acids is 1. The van der Waals surface area contributed by atoms with Crippen LogP contribution in [0.2, 0.25) is 0 Å². The number of likely N-dealkylation sites (tertiary alicyclic amines) is 1. The maximum atomic E-state index is 12.7. The van der Waals surface area contributed by atoms with Crippen LogP contribution in [-0.4, -0.2) is 36.3 Å². The zero-order chi connectivity index (χ0) is 20.1. The minimum atomic E-state index is 0.0457. The molecule has 0 aliphatic carbocycles. The molecule has 144 valence electrons. The summed E-state index contributed by atoms with van der Waals surface area (Å²) in [5, 5.41) is 10.7. The van der Waals surface area contributed by atoms with Crippen molar-refractivity contribution in [3.05, 3.63) is 64.2 Å². The van der Waals surface area contributed by atoms with Crippen molar-refractivity contribution in [2.24, 2.45) is 5.73 Å². The predicted molar refractivity (Wildman–Crippen MR) is 114 cm³/mol. The van der Waals surface area contributed by atoms with Crippen molar-refractivity contribution in [2.45, 2.75) is 26.7 Å². The number of hydrogen-bond acceptors (Lipinski definition) is 3. The van der Waals surface area contributed by atoms with E-state index in [1.807, 2.05) is 49.1 Å². The van der Waals surface area contributed by atoms with E-state index in [2.05, 4.69) is 17.2 Å². The molecule has 0 aromatic heterocycles. The number of aryl methyl sites for hydroxylation is 2. The average Bonchev–Trinajstić information content (AvgIpc) is 3.22. The van der Waals surface area contributed by atoms with Crippen LogP contribution >= 0.6 is 0 Å². The molecule has 5 heteroatoms. The number of nitrogens with one attached hydrogen (secondary N) is 2. The second kappa shape index (κ2) is 8.62. The molecule has 5 nitrogen and oxygen atoms in total. The van der Waals surface area contributed by atoms with E-state index in [0.717, 1.165) is 53.9 Å². The number of nitrogens with zero attached hydrogens (tertiary/aromatic N) is 1. The van der Waals surface area contributed by atoms with Gasteiger partial charge in [-0.1, -0.05) is 24.0 Å². The Morgan fingerprint density at radius 1 is 1.18 bits per heavy atom. The Labute approximate surface area is 166 Å². The van der Waals surface area contributed by atoms with Gasteiger partial charge in [0.1, 0.15) is 5.84 Å². The summed E-state index contributed by atoms with van der Waals surface area (Å²) in [5.74, 6) is 6.50. The molecule has 4 N–H and O–H groups in total. The number of nitrogen functional groups attached to an aromatic ring is 1. The van der Waals surface area contributed by atoms with Gasteiger partial charge in [0.05, 0.1) is 6.54 Å². The lowest BCUT2D eigenvalue weighted by molar-refractivity contribution is 0.0792. The van der Waals surface area contributed by atoms with E-state index in [1.165, 1.54) is 0 Å². The smallest absolute Gasteiger partial charge is 0.254 e. The number of amides is 1. The van der Waals surface area contributed by atoms with Gasteiger partial charge < -0.3 is 16.0 Å². The quantitative estimate of drug-likeness (QED) is 0.436. The Kier molecular flexibility index (Phi) is 6.00. The molecule has 0 radical (unpaired) electrons. The van der Waals surface area contributed by atoms with Gasteiger partial charge in [-0.3, -0.25) is 10.2 Å². The van der Waals surface area contributed by atoms with Crippen molar-refractivity contribution in [1.82, 2.24) is 4.90 Å². The summed E-state index contributed by atoms with van der Waals surface area (Å²) in [5.41, 5.74) is 10.8. The highest BCUT2D eigenvalue weighted by molar-refractivity contribution is 5.96. The van der Waals surface area contributed by atoms with E-state index in [9.17, 15) is 4.79 Å². The Morgan fingerprint density at radius 3 is 2.64 bits per heavy atom. The highest BCUT2D eigenvalue weighted by Crippen LogP contribution is 2.20. The normalized spacial score (nSPS) is 13.0. The fourth-order valence-electron chi connectivity index (χ4n) is 3.35. The van der Waals surface area contributed by atoms with Crippen LogP contribution in [0.15, 0.2) is 36.4 Å². The van der Waals surface area contributed by atoms with Gasteiger partial charge in [-0.15, -0.1) is 0 Å². The minimum absolute atomic E-state index is 0.0457. The SMILES string of the molecule is Cc1cc(C(=O)N2CCCC2)c(C)cc1C#CCNc1cccc(C(=N)N)c1. The predicted octanol–water partition coefficient (Wildman–Crippen LogP) is 3.29. The van der Waals surface area contributed by atoms with Crippen molar-refractivity contribution in [3.63, 3.8) is 0 Å². The lowest BCUT2D eigenvalue weighted by atomic mass is 9.99. The highest BCUT2D eigenvalue weighted by Gasteiger charge is 2.21. The maximum Gasteiger partial charge on any atom is 0.254 e. The van der Waals surface area contributed by atoms with Crippen LogP contribution in [0.5, 0.6) is 0 Å². The van der Waals surface area contributed by atoms with E-state index in [1.54, 1.807) is 6.07 Å². The van der Waals surface area contributed by atoms with Gasteiger partial charge in [-0.2, -0.15) is 0 Å². The molecule has 0 saturated carbocycles. The number of hydrogen-bond donors (Lipinski definition) is 3. The second-order valence-electron chi connectivity index (χ2n) is 7.13. The molecule has 2 aromatic carbocycles. The average molecular weight is 374 g/mol. The third-order valence-corrected chi connectivity index (χ3v) is 4.97. The zero-order valence-corrected chi connectivity index (χ0v) is 16.4. The number of anilines is 1. The molecule has 1 amide bonds. The van der Waals surface area contributed by atoms with Crippen molar-refractivity contribution in [3.8, 4) is 11.8 Å². The molecule has 0 spiro atoms. The van der Waals surface area contributed by atoms with Crippen molar-refractivity contribution >= 4 is 17.4 Å². The summed E-state index contributed by atoms with van der Waals surface area (Å²) in [6, 6.07) is 11.4. The highest BCUT2D eigenvalue weighted by atomic mass is 16.2. The number of rotatable bonds is 4. The number of benzene rings is 2. The summed E-state index contributed by atoms with van der Waals surface area (Å²) in [4.78, 5) is 14.6. The van der Waals surface area contributed by atoms with E-state index in [0.29, 0.717) is 12.1 Å². The fraction of sp³-hybridized carbons (Fsp3) is 0.304. The van der Waals surface area contributed by atoms with Gasteiger partial charge in [0.15, 0.2) is 0 Å². The summed E-state index contributed by atoms with van der Waals surface area (Å²) in [6.07, 6.45) is 2.19. The Balaban J connectivity index is 1.68. The largest absolute Gasteiger partial charge is 0.384 e. The maximum absolute atomic E-state index is 12.7. The lowest BCUT2D eigenvalue weighted by Gasteiger charge is -2.17. The van der Waals surface area contributed by atoms with Crippen molar-refractivity contribution < 1.29 is 4.79 Å². The standard InChI is InChI=1S/C23H26N4O/c1-16-14-21(23(28)27-11-3-4-12-27)17(2)13-18(16)8-6-10-26-20-9-5-7-19(15-20)22(24)25/h5,7,9,13-15,26H,3-4,10-12H2,1-2H3,(H3,24,25). The van der Waals surface area contributed by atoms with Crippen LogP contribution < -0.4 is 11.1 Å². The third kappa shape index (κ3) is 4.52. The molecule has 0 unspecified atom stereocenters. The molecule has 1 fully saturated rings. The molecule has 1 aliphatic rings. The molecule has 3 rings (SSSR count). The van der Waals surface area contributed by atoms with E-state index in [4.69, 9.17) is 11.1 Å². The monoisotopic (exact) mass is 374 g/mol. The van der Waals surface area contributed by atoms with Crippen LogP contribution in [0.3, 0.4) is 0 Å². The lowest BCUT2D eigenvalue weighted by Crippen LogP contribution is -2.28. The van der Waals surface area contributed by atoms with E-state index >= 15 is 0 Å². The molecule has 1 heterocycles. The zero-order valence-electron chi connectivity index (χ0n) is 16.4. The molecule has 2 aromatic rings. The topological polar surface area (TPSA) is 82.2 Å².